The van der Waals surface area contributed by atoms with Gasteiger partial charge in [-0.3, -0.25) is 4.79 Å². The van der Waals surface area contributed by atoms with Gasteiger partial charge in [-0.1, -0.05) is 12.8 Å². The number of pyridine rings is 1. The Morgan fingerprint density at radius 1 is 1.29 bits per heavy atom. The summed E-state index contributed by atoms with van der Waals surface area (Å²) in [6.07, 6.45) is 5.41. The first kappa shape index (κ1) is 14.7. The first-order chi connectivity index (χ1) is 9.92. The third-order valence-electron chi connectivity index (χ3n) is 4.78. The van der Waals surface area contributed by atoms with E-state index in [-0.39, 0.29) is 16.4 Å². The third-order valence-corrected chi connectivity index (χ3v) is 6.64. The molecule has 2 N–H and O–H groups in total. The molecule has 7 heteroatoms. The van der Waals surface area contributed by atoms with E-state index >= 15 is 0 Å². The molecule has 1 aliphatic carbocycles. The van der Waals surface area contributed by atoms with E-state index in [1.54, 1.807) is 0 Å². The summed E-state index contributed by atoms with van der Waals surface area (Å²) in [5.41, 5.74) is -1.02. The van der Waals surface area contributed by atoms with Crippen LogP contribution in [0.2, 0.25) is 0 Å². The number of hydrogen-bond acceptors (Lipinski definition) is 4. The largest absolute Gasteiger partial charge is 0.390 e. The molecule has 1 aromatic heterocycles. The summed E-state index contributed by atoms with van der Waals surface area (Å²) in [6, 6.07) is 2.55. The molecular weight excluding hydrogens is 292 g/mol. The van der Waals surface area contributed by atoms with Crippen molar-refractivity contribution in [3.05, 3.63) is 28.7 Å². The van der Waals surface area contributed by atoms with E-state index in [9.17, 15) is 18.3 Å². The highest BCUT2D eigenvalue weighted by Crippen LogP contribution is 2.40. The number of sulfonamides is 1. The lowest BCUT2D eigenvalue weighted by Crippen LogP contribution is -2.54. The van der Waals surface area contributed by atoms with Gasteiger partial charge in [-0.05, 0) is 25.3 Å². The number of hydrogen-bond donors (Lipinski definition) is 2. The van der Waals surface area contributed by atoms with Crippen molar-refractivity contribution in [1.29, 1.82) is 0 Å². The Kier molecular flexibility index (Phi) is 3.67. The molecule has 2 heterocycles. The molecule has 2 aliphatic rings. The van der Waals surface area contributed by atoms with Gasteiger partial charge in [-0.25, -0.2) is 8.42 Å². The summed E-state index contributed by atoms with van der Waals surface area (Å²) < 4.78 is 26.6. The summed E-state index contributed by atoms with van der Waals surface area (Å²) in [5.74, 6) is 0.0116. The van der Waals surface area contributed by atoms with E-state index in [1.165, 1.54) is 22.6 Å². The van der Waals surface area contributed by atoms with Crippen LogP contribution >= 0.6 is 0 Å². The summed E-state index contributed by atoms with van der Waals surface area (Å²) in [4.78, 5) is 13.6. The predicted octanol–water partition coefficient (Wildman–Crippen LogP) is 0.691. The van der Waals surface area contributed by atoms with Crippen molar-refractivity contribution in [3.8, 4) is 0 Å². The van der Waals surface area contributed by atoms with Crippen molar-refractivity contribution in [2.45, 2.75) is 42.6 Å². The monoisotopic (exact) mass is 312 g/mol. The van der Waals surface area contributed by atoms with Gasteiger partial charge in [0.05, 0.1) is 10.5 Å². The SMILES string of the molecule is O=c1ccc(S(=O)(=O)N2CCC3(O)CCCCC3C2)c[nH]1. The van der Waals surface area contributed by atoms with Gasteiger partial charge in [-0.2, -0.15) is 4.31 Å². The molecule has 2 fully saturated rings. The quantitative estimate of drug-likeness (QED) is 0.840. The summed E-state index contributed by atoms with van der Waals surface area (Å²) in [5, 5.41) is 10.6. The molecule has 1 aliphatic heterocycles. The van der Waals surface area contributed by atoms with E-state index in [4.69, 9.17) is 0 Å². The normalized spacial score (nSPS) is 30.8. The molecule has 6 nitrogen and oxygen atoms in total. The zero-order valence-electron chi connectivity index (χ0n) is 11.8. The van der Waals surface area contributed by atoms with Crippen molar-refractivity contribution in [2.75, 3.05) is 13.1 Å². The minimum Gasteiger partial charge on any atom is -0.390 e. The van der Waals surface area contributed by atoms with Crippen LogP contribution in [0.4, 0.5) is 0 Å². The molecule has 21 heavy (non-hydrogen) atoms. The first-order valence-electron chi connectivity index (χ1n) is 7.33. The van der Waals surface area contributed by atoms with Crippen LogP contribution in [0, 0.1) is 5.92 Å². The number of aliphatic hydroxyl groups is 1. The van der Waals surface area contributed by atoms with E-state index in [0.717, 1.165) is 25.7 Å². The number of piperidine rings is 1. The fourth-order valence-corrected chi connectivity index (χ4v) is 4.92. The van der Waals surface area contributed by atoms with E-state index in [2.05, 4.69) is 4.98 Å². The van der Waals surface area contributed by atoms with Crippen molar-refractivity contribution in [1.82, 2.24) is 9.29 Å². The van der Waals surface area contributed by atoms with Gasteiger partial charge in [0.1, 0.15) is 0 Å². The maximum atomic E-state index is 12.6. The summed E-state index contributed by atoms with van der Waals surface area (Å²) in [6.45, 7) is 0.687. The van der Waals surface area contributed by atoms with Gasteiger partial charge in [0.15, 0.2) is 0 Å². The van der Waals surface area contributed by atoms with Crippen LogP contribution in [-0.2, 0) is 10.0 Å². The second-order valence-electron chi connectivity index (χ2n) is 6.05. The Morgan fingerprint density at radius 2 is 2.10 bits per heavy atom. The second-order valence-corrected chi connectivity index (χ2v) is 7.99. The van der Waals surface area contributed by atoms with Crippen molar-refractivity contribution < 1.29 is 13.5 Å². The minimum atomic E-state index is -3.60. The van der Waals surface area contributed by atoms with Gasteiger partial charge in [0, 0.05) is 31.3 Å². The van der Waals surface area contributed by atoms with Gasteiger partial charge in [-0.15, -0.1) is 0 Å². The molecule has 0 bridgehead atoms. The van der Waals surface area contributed by atoms with Gasteiger partial charge in [0.2, 0.25) is 15.6 Å². The van der Waals surface area contributed by atoms with Crippen molar-refractivity contribution >= 4 is 10.0 Å². The number of rotatable bonds is 2. The van der Waals surface area contributed by atoms with Crippen LogP contribution in [0.5, 0.6) is 0 Å². The lowest BCUT2D eigenvalue weighted by molar-refractivity contribution is -0.0816. The Labute approximate surface area is 123 Å². The lowest BCUT2D eigenvalue weighted by Gasteiger charge is -2.46. The van der Waals surface area contributed by atoms with Crippen LogP contribution in [-0.4, -0.2) is 41.5 Å². The summed E-state index contributed by atoms with van der Waals surface area (Å²) in [7, 11) is -3.60. The Bertz CT molecular complexity index is 664. The van der Waals surface area contributed by atoms with Crippen LogP contribution in [0.1, 0.15) is 32.1 Å². The topological polar surface area (TPSA) is 90.5 Å². The summed E-state index contributed by atoms with van der Waals surface area (Å²) >= 11 is 0. The van der Waals surface area contributed by atoms with E-state index < -0.39 is 15.6 Å². The van der Waals surface area contributed by atoms with Gasteiger partial charge < -0.3 is 10.1 Å². The standard InChI is InChI=1S/C14H20N2O4S/c17-13-5-4-12(9-15-13)21(19,20)16-8-7-14(18)6-2-1-3-11(14)10-16/h4-5,9,11,18H,1-3,6-8,10H2,(H,15,17). The molecule has 1 aromatic rings. The van der Waals surface area contributed by atoms with E-state index in [0.29, 0.717) is 19.5 Å². The maximum Gasteiger partial charge on any atom is 0.247 e. The van der Waals surface area contributed by atoms with Crippen LogP contribution in [0.3, 0.4) is 0 Å². The number of nitrogens with zero attached hydrogens (tertiary/aromatic N) is 1. The fraction of sp³-hybridized carbons (Fsp3) is 0.643. The molecule has 3 rings (SSSR count). The van der Waals surface area contributed by atoms with Crippen LogP contribution < -0.4 is 5.56 Å². The highest BCUT2D eigenvalue weighted by Gasteiger charge is 2.45. The van der Waals surface area contributed by atoms with Crippen molar-refractivity contribution in [3.63, 3.8) is 0 Å². The smallest absolute Gasteiger partial charge is 0.247 e. The highest BCUT2D eigenvalue weighted by molar-refractivity contribution is 7.89. The predicted molar refractivity (Wildman–Crippen MR) is 77.3 cm³/mol. The number of nitrogens with one attached hydrogen (secondary N) is 1. The lowest BCUT2D eigenvalue weighted by atomic mass is 9.72. The Morgan fingerprint density at radius 3 is 2.81 bits per heavy atom. The van der Waals surface area contributed by atoms with Crippen LogP contribution in [0.25, 0.3) is 0 Å². The first-order valence-corrected chi connectivity index (χ1v) is 8.77. The maximum absolute atomic E-state index is 12.6. The minimum absolute atomic E-state index is 0.0116. The van der Waals surface area contributed by atoms with Gasteiger partial charge >= 0.3 is 0 Å². The Balaban J connectivity index is 1.84. The molecule has 0 aromatic carbocycles. The zero-order valence-corrected chi connectivity index (χ0v) is 12.6. The molecule has 0 spiro atoms. The highest BCUT2D eigenvalue weighted by atomic mass is 32.2. The molecule has 1 saturated heterocycles. The Hall–Kier alpha value is -1.18. The fourth-order valence-electron chi connectivity index (χ4n) is 3.46. The molecule has 2 atom stereocenters. The number of aromatic amines is 1. The second kappa shape index (κ2) is 5.23. The van der Waals surface area contributed by atoms with E-state index in [1.807, 2.05) is 0 Å². The number of H-pyrrole nitrogens is 1. The molecular formula is C14H20N2O4S. The van der Waals surface area contributed by atoms with Gasteiger partial charge in [0.25, 0.3) is 0 Å². The zero-order chi connectivity index (χ0) is 15.1. The third kappa shape index (κ3) is 2.65. The molecule has 0 amide bonds. The molecule has 0 radical (unpaired) electrons. The van der Waals surface area contributed by atoms with Crippen LogP contribution in [0.15, 0.2) is 28.0 Å². The number of fused-ring (bicyclic) bond motifs is 1. The number of aromatic nitrogens is 1. The molecule has 2 unspecified atom stereocenters. The molecule has 1 saturated carbocycles. The average molecular weight is 312 g/mol. The average Bonchev–Trinajstić information content (AvgIpc) is 2.46. The van der Waals surface area contributed by atoms with Crippen molar-refractivity contribution in [2.24, 2.45) is 5.92 Å². The molecule has 116 valence electrons.